The smallest absolute Gasteiger partial charge is 0.0443 e. The third kappa shape index (κ3) is 3.72. The van der Waals surface area contributed by atoms with E-state index in [0.717, 1.165) is 10.9 Å². The van der Waals surface area contributed by atoms with Gasteiger partial charge in [0.25, 0.3) is 0 Å². The molecule has 1 N–H and O–H groups in total. The van der Waals surface area contributed by atoms with Crippen molar-refractivity contribution in [1.29, 1.82) is 0 Å². The highest BCUT2D eigenvalue weighted by molar-refractivity contribution is 7.99. The Kier molecular flexibility index (Phi) is 5.30. The highest BCUT2D eigenvalue weighted by Gasteiger charge is 2.19. The molecule has 2 aliphatic heterocycles. The van der Waals surface area contributed by atoms with E-state index in [1.165, 1.54) is 67.8 Å². The molecule has 3 heteroatoms. The van der Waals surface area contributed by atoms with Crippen molar-refractivity contribution in [3.8, 4) is 0 Å². The van der Waals surface area contributed by atoms with Gasteiger partial charge in [-0.2, -0.15) is 11.8 Å². The van der Waals surface area contributed by atoms with Gasteiger partial charge >= 0.3 is 0 Å². The molecule has 0 spiro atoms. The molecule has 0 radical (unpaired) electrons. The largest absolute Gasteiger partial charge is 0.316 e. The zero-order valence-corrected chi connectivity index (χ0v) is 13.6. The molecule has 2 aliphatic rings. The van der Waals surface area contributed by atoms with Crippen molar-refractivity contribution in [2.75, 3.05) is 24.6 Å². The average molecular weight is 310 g/mol. The summed E-state index contributed by atoms with van der Waals surface area (Å²) in [5.41, 5.74) is 2.80. The fourth-order valence-electron chi connectivity index (χ4n) is 3.47. The van der Waals surface area contributed by atoms with Gasteiger partial charge in [-0.25, -0.2) is 0 Å². The lowest BCUT2D eigenvalue weighted by Crippen LogP contribution is -2.30. The van der Waals surface area contributed by atoms with E-state index in [4.69, 9.17) is 11.6 Å². The van der Waals surface area contributed by atoms with Gasteiger partial charge in [0.2, 0.25) is 0 Å². The Labute approximate surface area is 131 Å². The van der Waals surface area contributed by atoms with Crippen LogP contribution in [0.4, 0.5) is 0 Å². The van der Waals surface area contributed by atoms with Crippen molar-refractivity contribution in [1.82, 2.24) is 5.32 Å². The van der Waals surface area contributed by atoms with E-state index in [-0.39, 0.29) is 0 Å². The maximum Gasteiger partial charge on any atom is 0.0443 e. The Morgan fingerprint density at radius 3 is 2.75 bits per heavy atom. The minimum Gasteiger partial charge on any atom is -0.316 e. The molecule has 3 rings (SSSR count). The highest BCUT2D eigenvalue weighted by Crippen LogP contribution is 2.36. The van der Waals surface area contributed by atoms with Gasteiger partial charge < -0.3 is 5.32 Å². The zero-order chi connectivity index (χ0) is 13.8. The van der Waals surface area contributed by atoms with Crippen LogP contribution in [-0.4, -0.2) is 24.6 Å². The number of nitrogens with one attached hydrogen (secondary N) is 1. The number of thioether (sulfide) groups is 1. The standard InChI is InChI=1S/C17H24ClNS/c18-17-11-13(10-14-2-1-7-19-12-14)3-4-16(17)15-5-8-20-9-6-15/h3-4,11,14-15,19H,1-2,5-10,12H2. The third-order valence-electron chi connectivity index (χ3n) is 4.65. The Bertz CT molecular complexity index is 437. The lowest BCUT2D eigenvalue weighted by Gasteiger charge is -2.25. The Morgan fingerprint density at radius 2 is 2.05 bits per heavy atom. The van der Waals surface area contributed by atoms with Crippen LogP contribution in [0.25, 0.3) is 0 Å². The van der Waals surface area contributed by atoms with Gasteiger partial charge in [0.15, 0.2) is 0 Å². The predicted octanol–water partition coefficient (Wildman–Crippen LogP) is 4.49. The van der Waals surface area contributed by atoms with Crippen molar-refractivity contribution in [2.24, 2.45) is 5.92 Å². The second-order valence-electron chi connectivity index (χ2n) is 6.16. The SMILES string of the molecule is Clc1cc(CC2CCCNC2)ccc1C1CCSCC1. The van der Waals surface area contributed by atoms with E-state index < -0.39 is 0 Å². The summed E-state index contributed by atoms with van der Waals surface area (Å²) >= 11 is 8.63. The Balaban J connectivity index is 1.66. The molecule has 0 bridgehead atoms. The number of rotatable bonds is 3. The first-order chi connectivity index (χ1) is 9.83. The van der Waals surface area contributed by atoms with Gasteiger partial charge in [0.1, 0.15) is 0 Å². The van der Waals surface area contributed by atoms with Gasteiger partial charge in [-0.1, -0.05) is 23.7 Å². The Hall–Kier alpha value is -0.180. The third-order valence-corrected chi connectivity index (χ3v) is 6.03. The summed E-state index contributed by atoms with van der Waals surface area (Å²) in [4.78, 5) is 0. The van der Waals surface area contributed by atoms with E-state index in [1.54, 1.807) is 0 Å². The van der Waals surface area contributed by atoms with Crippen molar-refractivity contribution in [2.45, 2.75) is 38.0 Å². The van der Waals surface area contributed by atoms with Gasteiger partial charge in [0.05, 0.1) is 0 Å². The molecule has 110 valence electrons. The fourth-order valence-corrected chi connectivity index (χ4v) is 4.93. The molecular weight excluding hydrogens is 286 g/mol. The zero-order valence-electron chi connectivity index (χ0n) is 12.0. The highest BCUT2D eigenvalue weighted by atomic mass is 35.5. The van der Waals surface area contributed by atoms with E-state index in [1.807, 2.05) is 0 Å². The molecule has 0 saturated carbocycles. The van der Waals surface area contributed by atoms with Crippen LogP contribution in [0.1, 0.15) is 42.7 Å². The summed E-state index contributed by atoms with van der Waals surface area (Å²) in [6.07, 6.45) is 6.42. The summed E-state index contributed by atoms with van der Waals surface area (Å²) in [5.74, 6) is 4.05. The molecule has 0 aromatic heterocycles. The topological polar surface area (TPSA) is 12.0 Å². The molecule has 1 unspecified atom stereocenters. The first-order valence-corrected chi connectivity index (χ1v) is 9.43. The minimum absolute atomic E-state index is 0.689. The van der Waals surface area contributed by atoms with Crippen LogP contribution in [0.5, 0.6) is 0 Å². The predicted molar refractivity (Wildman–Crippen MR) is 90.0 cm³/mol. The lowest BCUT2D eigenvalue weighted by molar-refractivity contribution is 0.376. The van der Waals surface area contributed by atoms with E-state index in [2.05, 4.69) is 35.3 Å². The van der Waals surface area contributed by atoms with E-state index in [9.17, 15) is 0 Å². The van der Waals surface area contributed by atoms with Crippen molar-refractivity contribution in [3.63, 3.8) is 0 Å². The molecule has 2 fully saturated rings. The number of benzene rings is 1. The molecular formula is C17H24ClNS. The van der Waals surface area contributed by atoms with Crippen LogP contribution < -0.4 is 5.32 Å². The normalized spacial score (nSPS) is 24.8. The lowest BCUT2D eigenvalue weighted by atomic mass is 9.89. The quantitative estimate of drug-likeness (QED) is 0.882. The molecule has 0 aliphatic carbocycles. The Morgan fingerprint density at radius 1 is 1.20 bits per heavy atom. The molecule has 20 heavy (non-hydrogen) atoms. The number of halogens is 1. The second-order valence-corrected chi connectivity index (χ2v) is 7.79. The summed E-state index contributed by atoms with van der Waals surface area (Å²) in [5, 5.41) is 4.50. The van der Waals surface area contributed by atoms with Crippen LogP contribution in [0.2, 0.25) is 5.02 Å². The van der Waals surface area contributed by atoms with Crippen LogP contribution in [0, 0.1) is 5.92 Å². The second kappa shape index (κ2) is 7.20. The molecule has 1 nitrogen and oxygen atoms in total. The minimum atomic E-state index is 0.689. The van der Waals surface area contributed by atoms with Crippen LogP contribution in [-0.2, 0) is 6.42 Å². The van der Waals surface area contributed by atoms with Crippen LogP contribution >= 0.6 is 23.4 Å². The first-order valence-electron chi connectivity index (χ1n) is 7.89. The molecule has 2 saturated heterocycles. The molecule has 1 aromatic rings. The average Bonchev–Trinajstić information content (AvgIpc) is 2.49. The van der Waals surface area contributed by atoms with Gasteiger partial charge in [-0.15, -0.1) is 0 Å². The van der Waals surface area contributed by atoms with E-state index >= 15 is 0 Å². The van der Waals surface area contributed by atoms with Crippen molar-refractivity contribution >= 4 is 23.4 Å². The van der Waals surface area contributed by atoms with Crippen molar-refractivity contribution < 1.29 is 0 Å². The molecule has 0 amide bonds. The summed E-state index contributed by atoms with van der Waals surface area (Å²) in [6.45, 7) is 2.36. The number of hydrogen-bond acceptors (Lipinski definition) is 2. The van der Waals surface area contributed by atoms with Gasteiger partial charge in [-0.3, -0.25) is 0 Å². The summed E-state index contributed by atoms with van der Waals surface area (Å²) in [6, 6.07) is 6.85. The summed E-state index contributed by atoms with van der Waals surface area (Å²) < 4.78 is 0. The van der Waals surface area contributed by atoms with Gasteiger partial charge in [-0.05, 0) is 85.7 Å². The molecule has 2 heterocycles. The maximum absolute atomic E-state index is 6.56. The molecule has 1 atom stereocenters. The van der Waals surface area contributed by atoms with Crippen molar-refractivity contribution in [3.05, 3.63) is 34.3 Å². The monoisotopic (exact) mass is 309 g/mol. The fraction of sp³-hybridized carbons (Fsp3) is 0.647. The van der Waals surface area contributed by atoms with Crippen LogP contribution in [0.15, 0.2) is 18.2 Å². The molecule has 1 aromatic carbocycles. The first kappa shape index (κ1) is 14.7. The maximum atomic E-state index is 6.56. The number of piperidine rings is 1. The summed E-state index contributed by atoms with van der Waals surface area (Å²) in [7, 11) is 0. The number of hydrogen-bond donors (Lipinski definition) is 1. The van der Waals surface area contributed by atoms with Crippen LogP contribution in [0.3, 0.4) is 0 Å². The van der Waals surface area contributed by atoms with E-state index in [0.29, 0.717) is 5.92 Å². The van der Waals surface area contributed by atoms with Gasteiger partial charge in [0, 0.05) is 5.02 Å².